The number of amides is 1. The van der Waals surface area contributed by atoms with Crippen molar-refractivity contribution in [2.75, 3.05) is 13.7 Å². The molecule has 5 heteroatoms. The van der Waals surface area contributed by atoms with Gasteiger partial charge in [-0.3, -0.25) is 4.79 Å². The fraction of sp³-hybridized carbons (Fsp3) is 0.444. The quantitative estimate of drug-likeness (QED) is 0.922. The van der Waals surface area contributed by atoms with Crippen molar-refractivity contribution >= 4 is 5.91 Å². The van der Waals surface area contributed by atoms with Gasteiger partial charge in [-0.25, -0.2) is 4.98 Å². The van der Waals surface area contributed by atoms with Crippen LogP contribution in [0.2, 0.25) is 0 Å². The number of hydrogen-bond donors (Lipinski definition) is 1. The van der Waals surface area contributed by atoms with Gasteiger partial charge in [-0.05, 0) is 16.5 Å². The molecule has 5 nitrogen and oxygen atoms in total. The number of nitrogens with one attached hydrogen (secondary N) is 1. The Kier molecular flexibility index (Phi) is 5.21. The van der Waals surface area contributed by atoms with E-state index >= 15 is 0 Å². The Balaban J connectivity index is 2.34. The summed E-state index contributed by atoms with van der Waals surface area (Å²) in [6.07, 6.45) is 3.60. The molecule has 0 saturated carbocycles. The van der Waals surface area contributed by atoms with E-state index < -0.39 is 0 Å². The fourth-order valence-corrected chi connectivity index (χ4v) is 2.46. The number of nitrogens with zero attached hydrogens (tertiary/aromatic N) is 2. The van der Waals surface area contributed by atoms with E-state index in [0.717, 1.165) is 11.4 Å². The van der Waals surface area contributed by atoms with Gasteiger partial charge >= 0.3 is 0 Å². The van der Waals surface area contributed by atoms with Crippen LogP contribution < -0.4 is 5.32 Å². The molecule has 0 spiro atoms. The number of carbonyl (C=O) groups excluding carboxylic acids is 1. The Morgan fingerprint density at radius 3 is 2.43 bits per heavy atom. The molecule has 1 amide bonds. The minimum absolute atomic E-state index is 0.0288. The van der Waals surface area contributed by atoms with Crippen molar-refractivity contribution in [1.29, 1.82) is 0 Å². The average Bonchev–Trinajstić information content (AvgIpc) is 2.90. The predicted octanol–water partition coefficient (Wildman–Crippen LogP) is 2.57. The first-order valence-electron chi connectivity index (χ1n) is 7.69. The van der Waals surface area contributed by atoms with Crippen molar-refractivity contribution in [3.63, 3.8) is 0 Å². The summed E-state index contributed by atoms with van der Waals surface area (Å²) in [5.41, 5.74) is 2.34. The summed E-state index contributed by atoms with van der Waals surface area (Å²) in [5.74, 6) is 0.623. The molecule has 1 aromatic heterocycles. The lowest BCUT2D eigenvalue weighted by Crippen LogP contribution is -2.33. The Labute approximate surface area is 137 Å². The van der Waals surface area contributed by atoms with E-state index in [0.29, 0.717) is 0 Å². The van der Waals surface area contributed by atoms with Crippen LogP contribution in [0.25, 0.3) is 0 Å². The topological polar surface area (TPSA) is 56.1 Å². The number of benzene rings is 1. The fourth-order valence-electron chi connectivity index (χ4n) is 2.46. The largest absolute Gasteiger partial charge is 0.375 e. The van der Waals surface area contributed by atoms with E-state index in [1.54, 1.807) is 6.20 Å². The van der Waals surface area contributed by atoms with Gasteiger partial charge in [0.15, 0.2) is 0 Å². The number of methoxy groups -OCH3 is 1. The van der Waals surface area contributed by atoms with Gasteiger partial charge in [0, 0.05) is 26.6 Å². The second kappa shape index (κ2) is 6.96. The summed E-state index contributed by atoms with van der Waals surface area (Å²) in [4.78, 5) is 16.4. The van der Waals surface area contributed by atoms with Crippen molar-refractivity contribution in [3.8, 4) is 0 Å². The van der Waals surface area contributed by atoms with Gasteiger partial charge in [-0.1, -0.05) is 45.0 Å². The molecule has 1 aromatic carbocycles. The van der Waals surface area contributed by atoms with Crippen LogP contribution >= 0.6 is 0 Å². The highest BCUT2D eigenvalue weighted by molar-refractivity contribution is 5.78. The van der Waals surface area contributed by atoms with Crippen molar-refractivity contribution in [1.82, 2.24) is 14.9 Å². The van der Waals surface area contributed by atoms with E-state index in [1.807, 2.05) is 29.9 Å². The summed E-state index contributed by atoms with van der Waals surface area (Å²) in [7, 11) is 3.43. The molecule has 1 unspecified atom stereocenters. The summed E-state index contributed by atoms with van der Waals surface area (Å²) in [5, 5.41) is 2.99. The number of imidazole rings is 1. The molecular weight excluding hydrogens is 290 g/mol. The summed E-state index contributed by atoms with van der Waals surface area (Å²) in [6.45, 7) is 6.57. The zero-order valence-electron chi connectivity index (χ0n) is 14.5. The molecule has 23 heavy (non-hydrogen) atoms. The predicted molar refractivity (Wildman–Crippen MR) is 90.2 cm³/mol. The number of hydrogen-bond acceptors (Lipinski definition) is 3. The zero-order valence-corrected chi connectivity index (χ0v) is 14.5. The van der Waals surface area contributed by atoms with Gasteiger partial charge in [0.1, 0.15) is 18.5 Å². The molecule has 124 valence electrons. The molecule has 1 N–H and O–H groups in total. The maximum atomic E-state index is 12.0. The number of ether oxygens (including phenoxy) is 1. The summed E-state index contributed by atoms with van der Waals surface area (Å²) in [6, 6.07) is 8.01. The van der Waals surface area contributed by atoms with Gasteiger partial charge in [0.2, 0.25) is 5.91 Å². The first-order valence-corrected chi connectivity index (χ1v) is 7.69. The lowest BCUT2D eigenvalue weighted by Gasteiger charge is -2.22. The zero-order chi connectivity index (χ0) is 17.0. The van der Waals surface area contributed by atoms with E-state index in [4.69, 9.17) is 4.74 Å². The number of rotatable bonds is 5. The van der Waals surface area contributed by atoms with Crippen LogP contribution in [-0.2, 0) is 22.0 Å². The molecular formula is C18H25N3O2. The number of aromatic nitrogens is 2. The maximum Gasteiger partial charge on any atom is 0.246 e. The summed E-state index contributed by atoms with van der Waals surface area (Å²) < 4.78 is 6.82. The van der Waals surface area contributed by atoms with Gasteiger partial charge in [-0.15, -0.1) is 0 Å². The molecule has 0 aliphatic rings. The second-order valence-electron chi connectivity index (χ2n) is 6.70. The maximum absolute atomic E-state index is 12.0. The summed E-state index contributed by atoms with van der Waals surface area (Å²) >= 11 is 0. The lowest BCUT2D eigenvalue weighted by atomic mass is 9.86. The highest BCUT2D eigenvalue weighted by Crippen LogP contribution is 2.26. The van der Waals surface area contributed by atoms with Crippen LogP contribution in [0.3, 0.4) is 0 Å². The second-order valence-corrected chi connectivity index (χ2v) is 6.70. The highest BCUT2D eigenvalue weighted by atomic mass is 16.5. The highest BCUT2D eigenvalue weighted by Gasteiger charge is 2.21. The first-order chi connectivity index (χ1) is 10.8. The monoisotopic (exact) mass is 315 g/mol. The minimum atomic E-state index is -0.299. The minimum Gasteiger partial charge on any atom is -0.375 e. The molecule has 0 bridgehead atoms. The average molecular weight is 315 g/mol. The smallest absolute Gasteiger partial charge is 0.246 e. The van der Waals surface area contributed by atoms with Crippen LogP contribution in [0.1, 0.15) is 43.8 Å². The van der Waals surface area contributed by atoms with Crippen molar-refractivity contribution < 1.29 is 9.53 Å². The Morgan fingerprint density at radius 2 is 1.96 bits per heavy atom. The molecule has 2 rings (SSSR count). The molecule has 2 aromatic rings. The SMILES string of the molecule is COCC(=O)NC(c1ccc(C(C)(C)C)cc1)c1nccn1C. The molecule has 0 saturated heterocycles. The van der Waals surface area contributed by atoms with Crippen molar-refractivity contribution in [2.24, 2.45) is 7.05 Å². The Hall–Kier alpha value is -2.14. The van der Waals surface area contributed by atoms with Gasteiger partial charge in [0.05, 0.1) is 0 Å². The third-order valence-corrected chi connectivity index (χ3v) is 3.81. The molecule has 0 fully saturated rings. The third-order valence-electron chi connectivity index (χ3n) is 3.81. The standard InChI is InChI=1S/C18H25N3O2/c1-18(2,3)14-8-6-13(7-9-14)16(20-15(22)12-23-5)17-19-10-11-21(17)4/h6-11,16H,12H2,1-5H3,(H,20,22). The van der Waals surface area contributed by atoms with Gasteiger partial charge in [-0.2, -0.15) is 0 Å². The van der Waals surface area contributed by atoms with Crippen molar-refractivity contribution in [2.45, 2.75) is 32.2 Å². The number of aryl methyl sites for hydroxylation is 1. The van der Waals surface area contributed by atoms with Crippen LogP contribution in [0, 0.1) is 0 Å². The van der Waals surface area contributed by atoms with Crippen LogP contribution in [0.15, 0.2) is 36.7 Å². The van der Waals surface area contributed by atoms with Crippen LogP contribution in [0.4, 0.5) is 0 Å². The van der Waals surface area contributed by atoms with Gasteiger partial charge < -0.3 is 14.6 Å². The van der Waals surface area contributed by atoms with E-state index in [2.05, 4.69) is 43.2 Å². The van der Waals surface area contributed by atoms with E-state index in [-0.39, 0.29) is 24.0 Å². The lowest BCUT2D eigenvalue weighted by molar-refractivity contribution is -0.125. The molecule has 0 aliphatic heterocycles. The molecule has 0 radical (unpaired) electrons. The van der Waals surface area contributed by atoms with Gasteiger partial charge in [0.25, 0.3) is 0 Å². The number of carbonyl (C=O) groups is 1. The Bertz CT molecular complexity index is 654. The molecule has 1 atom stereocenters. The third kappa shape index (κ3) is 4.20. The Morgan fingerprint density at radius 1 is 1.30 bits per heavy atom. The molecule has 1 heterocycles. The molecule has 0 aliphatic carbocycles. The van der Waals surface area contributed by atoms with E-state index in [9.17, 15) is 4.79 Å². The normalized spacial score (nSPS) is 12.9. The first kappa shape index (κ1) is 17.2. The van der Waals surface area contributed by atoms with Crippen molar-refractivity contribution in [3.05, 3.63) is 53.6 Å². The van der Waals surface area contributed by atoms with Crippen LogP contribution in [-0.4, -0.2) is 29.2 Å². The van der Waals surface area contributed by atoms with E-state index in [1.165, 1.54) is 12.7 Å². The van der Waals surface area contributed by atoms with Crippen LogP contribution in [0.5, 0.6) is 0 Å².